The number of aromatic nitrogens is 2. The normalized spacial score (nSPS) is 21.1. The van der Waals surface area contributed by atoms with E-state index in [1.54, 1.807) is 19.1 Å². The van der Waals surface area contributed by atoms with E-state index < -0.39 is 0 Å². The van der Waals surface area contributed by atoms with Gasteiger partial charge in [0, 0.05) is 13.1 Å². The van der Waals surface area contributed by atoms with Crippen LogP contribution in [-0.2, 0) is 0 Å². The first kappa shape index (κ1) is 17.0. The number of hydrogen-bond donors (Lipinski definition) is 0. The second-order valence-electron chi connectivity index (χ2n) is 6.80. The molecule has 1 fully saturated rings. The number of piperidine rings is 1. The van der Waals surface area contributed by atoms with Crippen molar-refractivity contribution in [3.63, 3.8) is 0 Å². The molecule has 0 radical (unpaired) electrons. The molecule has 1 aliphatic heterocycles. The highest BCUT2D eigenvalue weighted by Crippen LogP contribution is 2.28. The van der Waals surface area contributed by atoms with E-state index in [1.165, 1.54) is 16.8 Å². The van der Waals surface area contributed by atoms with Crippen molar-refractivity contribution in [2.75, 3.05) is 13.1 Å². The Balaban J connectivity index is 1.94. The Bertz CT molecular complexity index is 746. The maximum atomic E-state index is 13.1. The van der Waals surface area contributed by atoms with E-state index in [4.69, 9.17) is 11.6 Å². The van der Waals surface area contributed by atoms with E-state index >= 15 is 0 Å². The maximum absolute atomic E-state index is 13.1. The van der Waals surface area contributed by atoms with Crippen LogP contribution in [0.3, 0.4) is 0 Å². The molecule has 2 unspecified atom stereocenters. The Kier molecular flexibility index (Phi) is 4.63. The van der Waals surface area contributed by atoms with Crippen LogP contribution in [0.15, 0.2) is 24.3 Å². The lowest BCUT2D eigenvalue weighted by Gasteiger charge is -2.35. The number of halogens is 2. The molecule has 0 spiro atoms. The fraction of sp³-hybridized carbons (Fsp3) is 0.444. The van der Waals surface area contributed by atoms with Crippen LogP contribution in [0.25, 0.3) is 5.69 Å². The summed E-state index contributed by atoms with van der Waals surface area (Å²) in [5, 5.41) is 4.65. The molecule has 3 rings (SSSR count). The molecule has 0 N–H and O–H groups in total. The summed E-state index contributed by atoms with van der Waals surface area (Å²) in [4.78, 5) is 14.8. The van der Waals surface area contributed by atoms with Crippen molar-refractivity contribution >= 4 is 17.5 Å². The predicted octanol–water partition coefficient (Wildman–Crippen LogP) is 4.09. The summed E-state index contributed by atoms with van der Waals surface area (Å²) < 4.78 is 14.6. The van der Waals surface area contributed by atoms with Crippen molar-refractivity contribution in [1.29, 1.82) is 0 Å². The predicted molar refractivity (Wildman–Crippen MR) is 92.1 cm³/mol. The summed E-state index contributed by atoms with van der Waals surface area (Å²) in [5.41, 5.74) is 1.64. The third-order valence-electron chi connectivity index (χ3n) is 4.45. The molecule has 0 aliphatic carbocycles. The van der Waals surface area contributed by atoms with Crippen LogP contribution >= 0.6 is 11.6 Å². The Morgan fingerprint density at radius 3 is 2.38 bits per heavy atom. The standard InChI is InChI=1S/C18H21ClFN3O/c1-11-8-12(2)10-22(9-11)18(24)16-13(3)21-23(17(16)19)15-6-4-14(20)5-7-15/h4-7,11-12H,8-10H2,1-3H3. The number of likely N-dealkylation sites (tertiary alicyclic amines) is 1. The number of carbonyl (C=O) groups excluding carboxylic acids is 1. The summed E-state index contributed by atoms with van der Waals surface area (Å²) in [7, 11) is 0. The van der Waals surface area contributed by atoms with E-state index in [2.05, 4.69) is 18.9 Å². The molecule has 4 nitrogen and oxygen atoms in total. The summed E-state index contributed by atoms with van der Waals surface area (Å²) in [6, 6.07) is 5.87. The number of hydrogen-bond acceptors (Lipinski definition) is 2. The molecule has 2 heterocycles. The molecule has 1 amide bonds. The Labute approximate surface area is 146 Å². The van der Waals surface area contributed by atoms with Crippen LogP contribution in [0.1, 0.15) is 36.3 Å². The minimum Gasteiger partial charge on any atom is -0.338 e. The van der Waals surface area contributed by atoms with E-state index in [0.29, 0.717) is 28.8 Å². The number of benzene rings is 1. The van der Waals surface area contributed by atoms with Crippen LogP contribution in [0, 0.1) is 24.6 Å². The first-order valence-electron chi connectivity index (χ1n) is 8.17. The van der Waals surface area contributed by atoms with Gasteiger partial charge in [0.15, 0.2) is 0 Å². The first-order chi connectivity index (χ1) is 11.4. The molecule has 128 valence electrons. The van der Waals surface area contributed by atoms with Crippen molar-refractivity contribution in [3.05, 3.63) is 46.5 Å². The molecule has 6 heteroatoms. The summed E-state index contributed by atoms with van der Waals surface area (Å²) in [6.07, 6.45) is 1.13. The fourth-order valence-corrected chi connectivity index (χ4v) is 3.84. The summed E-state index contributed by atoms with van der Waals surface area (Å²) in [5.74, 6) is 0.545. The Morgan fingerprint density at radius 1 is 1.21 bits per heavy atom. The van der Waals surface area contributed by atoms with Gasteiger partial charge in [-0.3, -0.25) is 4.79 Å². The molecule has 1 saturated heterocycles. The van der Waals surface area contributed by atoms with Crippen molar-refractivity contribution < 1.29 is 9.18 Å². The lowest BCUT2D eigenvalue weighted by Crippen LogP contribution is -2.42. The highest BCUT2D eigenvalue weighted by Gasteiger charge is 2.30. The Hall–Kier alpha value is -1.88. The zero-order valence-corrected chi connectivity index (χ0v) is 14.8. The smallest absolute Gasteiger partial charge is 0.258 e. The largest absolute Gasteiger partial charge is 0.338 e. The average molecular weight is 350 g/mol. The van der Waals surface area contributed by atoms with Gasteiger partial charge in [0.05, 0.1) is 16.9 Å². The molecule has 1 aliphatic rings. The molecule has 2 atom stereocenters. The van der Waals surface area contributed by atoms with Crippen LogP contribution in [0.2, 0.25) is 5.15 Å². The van der Waals surface area contributed by atoms with Gasteiger partial charge in [-0.15, -0.1) is 0 Å². The van der Waals surface area contributed by atoms with Gasteiger partial charge in [-0.2, -0.15) is 5.10 Å². The van der Waals surface area contributed by atoms with Gasteiger partial charge in [0.1, 0.15) is 11.0 Å². The molecule has 0 saturated carbocycles. The molecule has 24 heavy (non-hydrogen) atoms. The van der Waals surface area contributed by atoms with Gasteiger partial charge in [-0.05, 0) is 49.4 Å². The number of aryl methyl sites for hydroxylation is 1. The maximum Gasteiger partial charge on any atom is 0.258 e. The number of carbonyl (C=O) groups is 1. The number of nitrogens with zero attached hydrogens (tertiary/aromatic N) is 3. The van der Waals surface area contributed by atoms with Crippen LogP contribution < -0.4 is 0 Å². The second kappa shape index (κ2) is 6.55. The molecule has 1 aromatic carbocycles. The van der Waals surface area contributed by atoms with E-state index in [0.717, 1.165) is 19.5 Å². The lowest BCUT2D eigenvalue weighted by molar-refractivity contribution is 0.0622. The minimum absolute atomic E-state index is 0.0794. The van der Waals surface area contributed by atoms with Crippen LogP contribution in [0.4, 0.5) is 4.39 Å². The third-order valence-corrected chi connectivity index (χ3v) is 4.79. The number of amides is 1. The van der Waals surface area contributed by atoms with E-state index in [9.17, 15) is 9.18 Å². The van der Waals surface area contributed by atoms with Crippen molar-refractivity contribution in [1.82, 2.24) is 14.7 Å². The first-order valence-corrected chi connectivity index (χ1v) is 8.55. The molecule has 0 bridgehead atoms. The topological polar surface area (TPSA) is 38.1 Å². The summed E-state index contributed by atoms with van der Waals surface area (Å²) in [6.45, 7) is 7.57. The third kappa shape index (κ3) is 3.18. The van der Waals surface area contributed by atoms with Gasteiger partial charge in [0.2, 0.25) is 0 Å². The monoisotopic (exact) mass is 349 g/mol. The highest BCUT2D eigenvalue weighted by molar-refractivity contribution is 6.33. The SMILES string of the molecule is Cc1nn(-c2ccc(F)cc2)c(Cl)c1C(=O)N1CC(C)CC(C)C1. The fourth-order valence-electron chi connectivity index (χ4n) is 3.48. The lowest BCUT2D eigenvalue weighted by atomic mass is 9.91. The van der Waals surface area contributed by atoms with Crippen molar-refractivity contribution in [2.24, 2.45) is 11.8 Å². The van der Waals surface area contributed by atoms with Crippen LogP contribution in [-0.4, -0.2) is 33.7 Å². The zero-order valence-electron chi connectivity index (χ0n) is 14.1. The highest BCUT2D eigenvalue weighted by atomic mass is 35.5. The number of rotatable bonds is 2. The summed E-state index contributed by atoms with van der Waals surface area (Å²) >= 11 is 6.45. The van der Waals surface area contributed by atoms with Gasteiger partial charge in [0.25, 0.3) is 5.91 Å². The van der Waals surface area contributed by atoms with Gasteiger partial charge in [-0.1, -0.05) is 25.4 Å². The van der Waals surface area contributed by atoms with E-state index in [1.807, 2.05) is 4.90 Å². The zero-order chi connectivity index (χ0) is 17.4. The molecule has 2 aromatic rings. The van der Waals surface area contributed by atoms with Gasteiger partial charge >= 0.3 is 0 Å². The average Bonchev–Trinajstić information content (AvgIpc) is 2.81. The Morgan fingerprint density at radius 2 is 1.79 bits per heavy atom. The second-order valence-corrected chi connectivity index (χ2v) is 7.15. The van der Waals surface area contributed by atoms with Crippen molar-refractivity contribution in [2.45, 2.75) is 27.2 Å². The van der Waals surface area contributed by atoms with Crippen LogP contribution in [0.5, 0.6) is 0 Å². The van der Waals surface area contributed by atoms with Gasteiger partial charge < -0.3 is 4.90 Å². The van der Waals surface area contributed by atoms with E-state index in [-0.39, 0.29) is 16.9 Å². The van der Waals surface area contributed by atoms with Gasteiger partial charge in [-0.25, -0.2) is 9.07 Å². The molecular weight excluding hydrogens is 329 g/mol. The quantitative estimate of drug-likeness (QED) is 0.819. The molecule has 1 aromatic heterocycles. The molecular formula is C18H21ClFN3O. The van der Waals surface area contributed by atoms with Crippen molar-refractivity contribution in [3.8, 4) is 5.69 Å². The minimum atomic E-state index is -0.327.